The average molecular weight is 362 g/mol. The summed E-state index contributed by atoms with van der Waals surface area (Å²) in [7, 11) is 4.58. The molecule has 1 aromatic rings. The fourth-order valence-corrected chi connectivity index (χ4v) is 3.71. The van der Waals surface area contributed by atoms with Gasteiger partial charge in [-0.3, -0.25) is 9.59 Å². The third-order valence-corrected chi connectivity index (χ3v) is 5.18. The predicted molar refractivity (Wildman–Crippen MR) is 95.9 cm³/mol. The monoisotopic (exact) mass is 362 g/mol. The molecule has 7 heteroatoms. The summed E-state index contributed by atoms with van der Waals surface area (Å²) in [6.07, 6.45) is 2.85. The number of hydrogen-bond acceptors (Lipinski definition) is 5. The highest BCUT2D eigenvalue weighted by Crippen LogP contribution is 2.36. The highest BCUT2D eigenvalue weighted by Gasteiger charge is 2.35. The minimum Gasteiger partial charge on any atom is -0.496 e. The summed E-state index contributed by atoms with van der Waals surface area (Å²) in [6, 6.07) is 3.28. The summed E-state index contributed by atoms with van der Waals surface area (Å²) >= 11 is 0. The Kier molecular flexibility index (Phi) is 5.54. The lowest BCUT2D eigenvalue weighted by atomic mass is 10.1. The first-order chi connectivity index (χ1) is 12.6. The van der Waals surface area contributed by atoms with Crippen molar-refractivity contribution in [1.29, 1.82) is 0 Å². The number of carbonyl (C=O) groups is 2. The Hall–Kier alpha value is -2.44. The average Bonchev–Trinajstić information content (AvgIpc) is 3.37. The number of nitrogens with zero attached hydrogens (tertiary/aromatic N) is 2. The van der Waals surface area contributed by atoms with Crippen molar-refractivity contribution in [3.05, 3.63) is 17.7 Å². The maximum absolute atomic E-state index is 13.0. The van der Waals surface area contributed by atoms with Crippen LogP contribution in [0.1, 0.15) is 29.6 Å². The van der Waals surface area contributed by atoms with Gasteiger partial charge in [0.2, 0.25) is 5.91 Å². The molecular formula is C19H26N2O5. The van der Waals surface area contributed by atoms with Crippen LogP contribution in [0.2, 0.25) is 0 Å². The van der Waals surface area contributed by atoms with Gasteiger partial charge in [0, 0.05) is 38.3 Å². The van der Waals surface area contributed by atoms with Gasteiger partial charge in [-0.1, -0.05) is 0 Å². The molecule has 2 amide bonds. The summed E-state index contributed by atoms with van der Waals surface area (Å²) in [5.74, 6) is 1.33. The van der Waals surface area contributed by atoms with Crippen molar-refractivity contribution < 1.29 is 23.8 Å². The molecule has 2 aliphatic heterocycles. The summed E-state index contributed by atoms with van der Waals surface area (Å²) in [5.41, 5.74) is 0.416. The van der Waals surface area contributed by atoms with Gasteiger partial charge in [-0.25, -0.2) is 0 Å². The lowest BCUT2D eigenvalue weighted by Gasteiger charge is -2.21. The van der Waals surface area contributed by atoms with E-state index >= 15 is 0 Å². The standard InChI is InChI=1S/C19H26N2O5/c1-24-15-11-17(26-3)16(25-2)10-14(15)19(23)21-9-6-13(12-21)18(22)20-7-4-5-8-20/h10-11,13H,4-9,12H2,1-3H3/t13-/m0/s1. The Bertz CT molecular complexity index is 685. The van der Waals surface area contributed by atoms with Crippen LogP contribution in [0.25, 0.3) is 0 Å². The van der Waals surface area contributed by atoms with Gasteiger partial charge >= 0.3 is 0 Å². The number of methoxy groups -OCH3 is 3. The molecule has 0 aromatic heterocycles. The second kappa shape index (κ2) is 7.85. The molecule has 2 saturated heterocycles. The van der Waals surface area contributed by atoms with Gasteiger partial charge in [0.25, 0.3) is 5.91 Å². The molecule has 0 spiro atoms. The molecular weight excluding hydrogens is 336 g/mol. The first-order valence-corrected chi connectivity index (χ1v) is 8.97. The molecule has 0 saturated carbocycles. The fourth-order valence-electron chi connectivity index (χ4n) is 3.71. The molecule has 142 valence electrons. The lowest BCUT2D eigenvalue weighted by Crippen LogP contribution is -2.36. The minimum atomic E-state index is -0.153. The highest BCUT2D eigenvalue weighted by molar-refractivity contribution is 5.98. The molecule has 26 heavy (non-hydrogen) atoms. The van der Waals surface area contributed by atoms with E-state index in [0.29, 0.717) is 42.3 Å². The van der Waals surface area contributed by atoms with Crippen molar-refractivity contribution in [3.8, 4) is 17.2 Å². The van der Waals surface area contributed by atoms with E-state index in [-0.39, 0.29) is 17.7 Å². The van der Waals surface area contributed by atoms with E-state index in [1.165, 1.54) is 21.3 Å². The first kappa shape index (κ1) is 18.4. The van der Waals surface area contributed by atoms with Crippen LogP contribution in [0.4, 0.5) is 0 Å². The fraction of sp³-hybridized carbons (Fsp3) is 0.579. The van der Waals surface area contributed by atoms with Crippen LogP contribution >= 0.6 is 0 Å². The van der Waals surface area contributed by atoms with E-state index in [1.807, 2.05) is 4.90 Å². The molecule has 0 N–H and O–H groups in total. The molecule has 7 nitrogen and oxygen atoms in total. The lowest BCUT2D eigenvalue weighted by molar-refractivity contribution is -0.133. The second-order valence-corrected chi connectivity index (χ2v) is 6.68. The number of rotatable bonds is 5. The van der Waals surface area contributed by atoms with Gasteiger partial charge in [-0.15, -0.1) is 0 Å². The Labute approximate surface area is 153 Å². The van der Waals surface area contributed by atoms with Crippen LogP contribution in [-0.2, 0) is 4.79 Å². The molecule has 2 heterocycles. The van der Waals surface area contributed by atoms with Crippen molar-refractivity contribution >= 4 is 11.8 Å². The van der Waals surface area contributed by atoms with Crippen molar-refractivity contribution in [2.45, 2.75) is 19.3 Å². The molecule has 0 radical (unpaired) electrons. The van der Waals surface area contributed by atoms with Crippen LogP contribution in [0.5, 0.6) is 17.2 Å². The normalized spacial score (nSPS) is 19.6. The van der Waals surface area contributed by atoms with E-state index in [0.717, 1.165) is 25.9 Å². The number of hydrogen-bond donors (Lipinski definition) is 0. The summed E-state index contributed by atoms with van der Waals surface area (Å²) in [6.45, 7) is 2.70. The smallest absolute Gasteiger partial charge is 0.257 e. The zero-order chi connectivity index (χ0) is 18.7. The van der Waals surface area contributed by atoms with Crippen molar-refractivity contribution in [2.75, 3.05) is 47.5 Å². The van der Waals surface area contributed by atoms with E-state index in [2.05, 4.69) is 0 Å². The Morgan fingerprint density at radius 1 is 0.885 bits per heavy atom. The SMILES string of the molecule is COc1cc(OC)c(C(=O)N2CC[C@H](C(=O)N3CCCC3)C2)cc1OC. The number of ether oxygens (including phenoxy) is 3. The van der Waals surface area contributed by atoms with Gasteiger partial charge < -0.3 is 24.0 Å². The van der Waals surface area contributed by atoms with Crippen LogP contribution in [0, 0.1) is 5.92 Å². The van der Waals surface area contributed by atoms with Crippen molar-refractivity contribution in [1.82, 2.24) is 9.80 Å². The number of amides is 2. The molecule has 3 rings (SSSR count). The van der Waals surface area contributed by atoms with E-state index in [9.17, 15) is 9.59 Å². The molecule has 0 bridgehead atoms. The molecule has 0 unspecified atom stereocenters. The molecule has 0 aliphatic carbocycles. The van der Waals surface area contributed by atoms with Crippen molar-refractivity contribution in [2.24, 2.45) is 5.92 Å². The Morgan fingerprint density at radius 3 is 2.12 bits per heavy atom. The maximum atomic E-state index is 13.0. The maximum Gasteiger partial charge on any atom is 0.257 e. The second-order valence-electron chi connectivity index (χ2n) is 6.68. The molecule has 2 aliphatic rings. The van der Waals surface area contributed by atoms with Crippen LogP contribution in [-0.4, -0.2) is 69.1 Å². The minimum absolute atomic E-state index is 0.108. The van der Waals surface area contributed by atoms with Crippen LogP contribution < -0.4 is 14.2 Å². The van der Waals surface area contributed by atoms with E-state index < -0.39 is 0 Å². The van der Waals surface area contributed by atoms with Gasteiger partial charge in [0.1, 0.15) is 5.75 Å². The zero-order valence-corrected chi connectivity index (χ0v) is 15.6. The number of carbonyl (C=O) groups excluding carboxylic acids is 2. The topological polar surface area (TPSA) is 68.3 Å². The third-order valence-electron chi connectivity index (χ3n) is 5.18. The highest BCUT2D eigenvalue weighted by atomic mass is 16.5. The molecule has 2 fully saturated rings. The summed E-state index contributed by atoms with van der Waals surface area (Å²) in [5, 5.41) is 0. The molecule has 1 atom stereocenters. The van der Waals surface area contributed by atoms with Crippen LogP contribution in [0.3, 0.4) is 0 Å². The van der Waals surface area contributed by atoms with E-state index in [1.54, 1.807) is 17.0 Å². The van der Waals surface area contributed by atoms with Gasteiger partial charge in [-0.05, 0) is 19.3 Å². The van der Waals surface area contributed by atoms with Crippen LogP contribution in [0.15, 0.2) is 12.1 Å². The summed E-state index contributed by atoms with van der Waals surface area (Å²) < 4.78 is 15.9. The first-order valence-electron chi connectivity index (χ1n) is 8.97. The predicted octanol–water partition coefficient (Wildman–Crippen LogP) is 1.80. The Morgan fingerprint density at radius 2 is 1.50 bits per heavy atom. The quantitative estimate of drug-likeness (QED) is 0.799. The summed E-state index contributed by atoms with van der Waals surface area (Å²) in [4.78, 5) is 29.2. The zero-order valence-electron chi connectivity index (χ0n) is 15.6. The van der Waals surface area contributed by atoms with Gasteiger partial charge in [0.05, 0.1) is 32.8 Å². The Balaban J connectivity index is 1.76. The van der Waals surface area contributed by atoms with Crippen molar-refractivity contribution in [3.63, 3.8) is 0 Å². The third kappa shape index (κ3) is 3.43. The van der Waals surface area contributed by atoms with E-state index in [4.69, 9.17) is 14.2 Å². The molecule has 1 aromatic carbocycles. The van der Waals surface area contributed by atoms with Gasteiger partial charge in [0.15, 0.2) is 11.5 Å². The number of benzene rings is 1. The number of likely N-dealkylation sites (tertiary alicyclic amines) is 2. The largest absolute Gasteiger partial charge is 0.496 e. The van der Waals surface area contributed by atoms with Gasteiger partial charge in [-0.2, -0.15) is 0 Å².